The minimum atomic E-state index is -0.0940. The molecule has 0 atom stereocenters. The van der Waals surface area contributed by atoms with Crippen LogP contribution in [0, 0.1) is 5.92 Å². The Morgan fingerprint density at radius 3 is 2.33 bits per heavy atom. The molecular weight excluding hydrogens is 504 g/mol. The summed E-state index contributed by atoms with van der Waals surface area (Å²) in [6.45, 7) is 8.42. The smallest absolute Gasteiger partial charge is 0.287 e. The van der Waals surface area contributed by atoms with Crippen molar-refractivity contribution >= 4 is 17.5 Å². The average Bonchev–Trinajstić information content (AvgIpc) is 3.57. The second-order valence-corrected chi connectivity index (χ2v) is 11.2. The molecule has 1 amide bonds. The molecule has 3 aromatic rings. The van der Waals surface area contributed by atoms with Gasteiger partial charge in [-0.2, -0.15) is 0 Å². The summed E-state index contributed by atoms with van der Waals surface area (Å²) >= 11 is 0. The normalized spacial score (nSPS) is 22.3. The molecule has 0 spiro atoms. The van der Waals surface area contributed by atoms with E-state index in [1.165, 1.54) is 19.3 Å². The number of furan rings is 1. The Morgan fingerprint density at radius 1 is 0.900 bits per heavy atom. The minimum absolute atomic E-state index is 0.0940. The van der Waals surface area contributed by atoms with Crippen LogP contribution in [0.25, 0.3) is 11.3 Å². The lowest BCUT2D eigenvalue weighted by molar-refractivity contribution is 0.0891. The monoisotopic (exact) mass is 544 g/mol. The van der Waals surface area contributed by atoms with E-state index in [2.05, 4.69) is 43.2 Å². The molecule has 40 heavy (non-hydrogen) atoms. The number of morpholine rings is 1. The van der Waals surface area contributed by atoms with Gasteiger partial charge in [0.1, 0.15) is 11.6 Å². The van der Waals surface area contributed by atoms with Gasteiger partial charge < -0.3 is 24.3 Å². The Kier molecular flexibility index (Phi) is 8.59. The summed E-state index contributed by atoms with van der Waals surface area (Å²) < 4.78 is 10.8. The molecule has 5 heterocycles. The van der Waals surface area contributed by atoms with Crippen LogP contribution in [0.1, 0.15) is 42.7 Å². The molecule has 1 saturated carbocycles. The molecule has 2 aliphatic heterocycles. The second-order valence-electron chi connectivity index (χ2n) is 11.2. The van der Waals surface area contributed by atoms with E-state index in [1.54, 1.807) is 18.4 Å². The van der Waals surface area contributed by atoms with Gasteiger partial charge in [0.25, 0.3) is 5.91 Å². The first kappa shape index (κ1) is 26.8. The first-order chi connectivity index (χ1) is 19.7. The van der Waals surface area contributed by atoms with Crippen LogP contribution in [0.3, 0.4) is 0 Å². The highest BCUT2D eigenvalue weighted by Gasteiger charge is 2.25. The number of ether oxygens (including phenoxy) is 1. The summed E-state index contributed by atoms with van der Waals surface area (Å²) in [5.74, 6) is 3.10. The van der Waals surface area contributed by atoms with Crippen LogP contribution in [0.2, 0.25) is 0 Å². The number of carbonyl (C=O) groups excluding carboxylic acids is 1. The van der Waals surface area contributed by atoms with Crippen molar-refractivity contribution in [3.05, 3.63) is 60.7 Å². The predicted octanol–water partition coefficient (Wildman–Crippen LogP) is 4.07. The van der Waals surface area contributed by atoms with Gasteiger partial charge in [-0.1, -0.05) is 6.07 Å². The molecule has 2 saturated heterocycles. The van der Waals surface area contributed by atoms with Crippen molar-refractivity contribution in [3.63, 3.8) is 0 Å². The summed E-state index contributed by atoms with van der Waals surface area (Å²) in [7, 11) is 0. The number of aromatic nitrogens is 2. The van der Waals surface area contributed by atoms with Crippen LogP contribution >= 0.6 is 0 Å². The lowest BCUT2D eigenvalue weighted by atomic mass is 9.84. The Morgan fingerprint density at radius 2 is 1.65 bits per heavy atom. The average molecular weight is 545 g/mol. The molecule has 0 bridgehead atoms. The number of piperazine rings is 1. The van der Waals surface area contributed by atoms with Crippen molar-refractivity contribution in [2.45, 2.75) is 38.1 Å². The van der Waals surface area contributed by atoms with Crippen molar-refractivity contribution in [1.82, 2.24) is 20.2 Å². The summed E-state index contributed by atoms with van der Waals surface area (Å²) in [6, 6.07) is 14.2. The number of nitrogens with one attached hydrogen (secondary N) is 1. The summed E-state index contributed by atoms with van der Waals surface area (Å²) in [5, 5.41) is 3.14. The van der Waals surface area contributed by atoms with Gasteiger partial charge in [-0.05, 0) is 81.0 Å². The van der Waals surface area contributed by atoms with Gasteiger partial charge >= 0.3 is 0 Å². The molecule has 9 heteroatoms. The molecule has 9 nitrogen and oxygen atoms in total. The molecule has 1 aliphatic carbocycles. The number of rotatable bonds is 8. The first-order valence-corrected chi connectivity index (χ1v) is 14.8. The van der Waals surface area contributed by atoms with Crippen molar-refractivity contribution < 1.29 is 13.9 Å². The minimum Gasteiger partial charge on any atom is -0.459 e. The van der Waals surface area contributed by atoms with Gasteiger partial charge in [0, 0.05) is 57.1 Å². The molecule has 0 radical (unpaired) electrons. The Hall–Kier alpha value is -3.43. The van der Waals surface area contributed by atoms with Gasteiger partial charge in [-0.3, -0.25) is 14.7 Å². The second kappa shape index (κ2) is 12.8. The van der Waals surface area contributed by atoms with Crippen LogP contribution in [0.5, 0.6) is 0 Å². The fourth-order valence-corrected chi connectivity index (χ4v) is 6.13. The molecule has 0 unspecified atom stereocenters. The largest absolute Gasteiger partial charge is 0.459 e. The fraction of sp³-hybridized carbons (Fsp3) is 0.516. The standard InChI is InChI=1S/C31H40N6O3/c38-31(28-5-3-19-40-28)33-26-8-6-24(7-9-26)10-12-35-13-15-36(16-14-35)29-22-25(27-4-1-2-11-32-27)23-30(34-29)37-17-20-39-21-18-37/h1-5,11,19,22-24,26H,6-10,12-18,20-21H2,(H,33,38). The lowest BCUT2D eigenvalue weighted by Crippen LogP contribution is -2.47. The zero-order valence-electron chi connectivity index (χ0n) is 23.2. The Balaban J connectivity index is 1.00. The maximum absolute atomic E-state index is 12.3. The van der Waals surface area contributed by atoms with E-state index in [4.69, 9.17) is 14.1 Å². The number of amides is 1. The number of hydrogen-bond donors (Lipinski definition) is 1. The maximum atomic E-state index is 12.3. The summed E-state index contributed by atoms with van der Waals surface area (Å²) in [6.07, 6.45) is 9.09. The van der Waals surface area contributed by atoms with Gasteiger partial charge in [-0.25, -0.2) is 4.98 Å². The van der Waals surface area contributed by atoms with Crippen molar-refractivity contribution in [2.75, 3.05) is 68.8 Å². The highest BCUT2D eigenvalue weighted by molar-refractivity contribution is 5.91. The third-order valence-electron chi connectivity index (χ3n) is 8.57. The van der Waals surface area contributed by atoms with Crippen molar-refractivity contribution in [1.29, 1.82) is 0 Å². The van der Waals surface area contributed by atoms with Gasteiger partial charge in [0.2, 0.25) is 0 Å². The molecule has 1 N–H and O–H groups in total. The van der Waals surface area contributed by atoms with E-state index in [9.17, 15) is 4.79 Å². The van der Waals surface area contributed by atoms with E-state index in [0.29, 0.717) is 5.76 Å². The Bertz CT molecular complexity index is 1220. The topological polar surface area (TPSA) is 87.0 Å². The third-order valence-corrected chi connectivity index (χ3v) is 8.57. The first-order valence-electron chi connectivity index (χ1n) is 14.8. The SMILES string of the molecule is O=C(NC1CCC(CCN2CCN(c3cc(-c4ccccn4)cc(N4CCOCC4)n3)CC2)CC1)c1ccco1. The molecule has 6 rings (SSSR count). The molecule has 3 aliphatic rings. The van der Waals surface area contributed by atoms with Gasteiger partial charge in [-0.15, -0.1) is 0 Å². The number of carbonyl (C=O) groups is 1. The van der Waals surface area contributed by atoms with E-state index in [-0.39, 0.29) is 11.9 Å². The van der Waals surface area contributed by atoms with E-state index in [1.807, 2.05) is 18.3 Å². The zero-order chi connectivity index (χ0) is 27.1. The fourth-order valence-electron chi connectivity index (χ4n) is 6.13. The van der Waals surface area contributed by atoms with E-state index >= 15 is 0 Å². The van der Waals surface area contributed by atoms with Gasteiger partial charge in [0.15, 0.2) is 5.76 Å². The van der Waals surface area contributed by atoms with Crippen LogP contribution in [-0.4, -0.2) is 85.8 Å². The van der Waals surface area contributed by atoms with Crippen LogP contribution in [0.4, 0.5) is 11.6 Å². The van der Waals surface area contributed by atoms with Crippen LogP contribution in [0.15, 0.2) is 59.3 Å². The predicted molar refractivity (Wildman–Crippen MR) is 156 cm³/mol. The Labute approximate surface area is 236 Å². The molecular formula is C31H40N6O3. The third kappa shape index (κ3) is 6.64. The zero-order valence-corrected chi connectivity index (χ0v) is 23.2. The number of pyridine rings is 2. The molecule has 0 aromatic carbocycles. The number of hydrogen-bond acceptors (Lipinski definition) is 8. The van der Waals surface area contributed by atoms with Gasteiger partial charge in [0.05, 0.1) is 25.2 Å². The van der Waals surface area contributed by atoms with E-state index in [0.717, 1.165) is 101 Å². The maximum Gasteiger partial charge on any atom is 0.287 e. The lowest BCUT2D eigenvalue weighted by Gasteiger charge is -2.37. The quantitative estimate of drug-likeness (QED) is 0.454. The van der Waals surface area contributed by atoms with Crippen molar-refractivity contribution in [2.24, 2.45) is 5.92 Å². The molecule has 3 fully saturated rings. The van der Waals surface area contributed by atoms with Crippen molar-refractivity contribution in [3.8, 4) is 11.3 Å². The summed E-state index contributed by atoms with van der Waals surface area (Å²) in [4.78, 5) is 29.4. The highest BCUT2D eigenvalue weighted by atomic mass is 16.5. The number of anilines is 2. The molecule has 3 aromatic heterocycles. The summed E-state index contributed by atoms with van der Waals surface area (Å²) in [5.41, 5.74) is 2.10. The van der Waals surface area contributed by atoms with E-state index < -0.39 is 0 Å². The molecule has 212 valence electrons. The van der Waals surface area contributed by atoms with Crippen LogP contribution < -0.4 is 15.1 Å². The highest BCUT2D eigenvalue weighted by Crippen LogP contribution is 2.30. The van der Waals surface area contributed by atoms with Crippen LogP contribution in [-0.2, 0) is 4.74 Å². The number of nitrogens with zero attached hydrogens (tertiary/aromatic N) is 5.